The van der Waals surface area contributed by atoms with Crippen molar-refractivity contribution in [1.29, 1.82) is 0 Å². The van der Waals surface area contributed by atoms with E-state index in [2.05, 4.69) is 13.8 Å². The van der Waals surface area contributed by atoms with E-state index in [9.17, 15) is 13.2 Å². The second-order valence-corrected chi connectivity index (χ2v) is 8.38. The van der Waals surface area contributed by atoms with Crippen molar-refractivity contribution in [2.75, 3.05) is 18.6 Å². The molecule has 2 rings (SSSR count). The van der Waals surface area contributed by atoms with Gasteiger partial charge in [-0.3, -0.25) is 4.79 Å². The molecular weight excluding hydrogens is 238 g/mol. The molecule has 0 aromatic rings. The Bertz CT molecular complexity index is 413. The van der Waals surface area contributed by atoms with Crippen molar-refractivity contribution in [1.82, 2.24) is 4.90 Å². The molecule has 5 heteroatoms. The molecule has 17 heavy (non-hydrogen) atoms. The van der Waals surface area contributed by atoms with Crippen LogP contribution in [0.2, 0.25) is 0 Å². The molecule has 1 saturated heterocycles. The van der Waals surface area contributed by atoms with Crippen LogP contribution in [0.15, 0.2) is 0 Å². The van der Waals surface area contributed by atoms with Crippen molar-refractivity contribution in [3.05, 3.63) is 0 Å². The van der Waals surface area contributed by atoms with Crippen LogP contribution in [0.5, 0.6) is 0 Å². The Kier molecular flexibility index (Phi) is 3.00. The number of rotatable bonds is 2. The summed E-state index contributed by atoms with van der Waals surface area (Å²) in [5.41, 5.74) is 0.145. The van der Waals surface area contributed by atoms with Crippen molar-refractivity contribution < 1.29 is 13.2 Å². The molecule has 0 aromatic carbocycles. The highest BCUT2D eigenvalue weighted by Gasteiger charge is 2.52. The maximum atomic E-state index is 12.2. The minimum atomic E-state index is -2.84. The third kappa shape index (κ3) is 2.64. The summed E-state index contributed by atoms with van der Waals surface area (Å²) in [7, 11) is -1.02. The standard InChI is InChI=1S/C12H21NO3S/c1-12(2)8-10(12)11(14)13(3)9-4-6-17(15,16)7-5-9/h9-10H,4-8H2,1-3H3. The van der Waals surface area contributed by atoms with Crippen LogP contribution >= 0.6 is 0 Å². The zero-order valence-electron chi connectivity index (χ0n) is 10.8. The fourth-order valence-corrected chi connectivity index (χ4v) is 4.05. The number of amides is 1. The topological polar surface area (TPSA) is 54.5 Å². The van der Waals surface area contributed by atoms with E-state index in [4.69, 9.17) is 0 Å². The van der Waals surface area contributed by atoms with Crippen molar-refractivity contribution in [2.24, 2.45) is 11.3 Å². The van der Waals surface area contributed by atoms with Gasteiger partial charge in [-0.05, 0) is 24.7 Å². The van der Waals surface area contributed by atoms with E-state index < -0.39 is 9.84 Å². The Morgan fingerprint density at radius 1 is 1.24 bits per heavy atom. The predicted molar refractivity (Wildman–Crippen MR) is 66.3 cm³/mol. The van der Waals surface area contributed by atoms with Crippen LogP contribution in [0.4, 0.5) is 0 Å². The first-order valence-corrected chi connectivity index (χ1v) is 8.02. The van der Waals surface area contributed by atoms with Crippen LogP contribution in [-0.4, -0.2) is 43.8 Å². The third-order valence-corrected chi connectivity index (χ3v) is 5.95. The van der Waals surface area contributed by atoms with Gasteiger partial charge in [-0.1, -0.05) is 13.8 Å². The summed E-state index contributed by atoms with van der Waals surface area (Å²) in [5.74, 6) is 0.789. The van der Waals surface area contributed by atoms with E-state index in [1.165, 1.54) is 0 Å². The van der Waals surface area contributed by atoms with Gasteiger partial charge in [-0.25, -0.2) is 8.42 Å². The summed E-state index contributed by atoms with van der Waals surface area (Å²) in [6.45, 7) is 4.21. The van der Waals surface area contributed by atoms with Crippen molar-refractivity contribution in [3.63, 3.8) is 0 Å². The lowest BCUT2D eigenvalue weighted by Crippen LogP contribution is -2.43. The molecule has 98 valence electrons. The average molecular weight is 259 g/mol. The highest BCUT2D eigenvalue weighted by atomic mass is 32.2. The minimum absolute atomic E-state index is 0.113. The minimum Gasteiger partial charge on any atom is -0.342 e. The van der Waals surface area contributed by atoms with Crippen LogP contribution < -0.4 is 0 Å². The van der Waals surface area contributed by atoms with Crippen LogP contribution in [0.3, 0.4) is 0 Å². The molecule has 1 saturated carbocycles. The molecule has 2 fully saturated rings. The molecule has 0 aromatic heterocycles. The van der Waals surface area contributed by atoms with Crippen molar-refractivity contribution in [3.8, 4) is 0 Å². The lowest BCUT2D eigenvalue weighted by Gasteiger charge is -2.31. The molecule has 2 aliphatic rings. The number of carbonyl (C=O) groups is 1. The second-order valence-electron chi connectivity index (χ2n) is 6.08. The normalized spacial score (nSPS) is 30.9. The highest BCUT2D eigenvalue weighted by molar-refractivity contribution is 7.91. The van der Waals surface area contributed by atoms with Gasteiger partial charge in [0, 0.05) is 19.0 Å². The SMILES string of the molecule is CN(C(=O)C1CC1(C)C)C1CCS(=O)(=O)CC1. The zero-order chi connectivity index (χ0) is 12.8. The average Bonchev–Trinajstić information content (AvgIpc) is 2.86. The van der Waals surface area contributed by atoms with Gasteiger partial charge in [0.25, 0.3) is 0 Å². The second kappa shape index (κ2) is 3.97. The van der Waals surface area contributed by atoms with Crippen LogP contribution in [0.1, 0.15) is 33.1 Å². The van der Waals surface area contributed by atoms with Gasteiger partial charge in [-0.2, -0.15) is 0 Å². The fraction of sp³-hybridized carbons (Fsp3) is 0.917. The third-order valence-electron chi connectivity index (χ3n) is 4.23. The maximum Gasteiger partial charge on any atom is 0.226 e. The monoisotopic (exact) mass is 259 g/mol. The van der Waals surface area contributed by atoms with Crippen LogP contribution in [-0.2, 0) is 14.6 Å². The molecular formula is C12H21NO3S. The predicted octanol–water partition coefficient (Wildman–Crippen LogP) is 1.07. The number of carbonyl (C=O) groups excluding carboxylic acids is 1. The van der Waals surface area contributed by atoms with E-state index in [0.29, 0.717) is 12.8 Å². The smallest absolute Gasteiger partial charge is 0.226 e. The Morgan fingerprint density at radius 3 is 2.12 bits per heavy atom. The van der Waals surface area contributed by atoms with Gasteiger partial charge in [-0.15, -0.1) is 0 Å². The molecule has 1 heterocycles. The number of hydrogen-bond acceptors (Lipinski definition) is 3. The lowest BCUT2D eigenvalue weighted by molar-refractivity contribution is -0.134. The largest absolute Gasteiger partial charge is 0.342 e. The summed E-state index contributed by atoms with van der Waals surface area (Å²) < 4.78 is 22.7. The molecule has 1 unspecified atom stereocenters. The van der Waals surface area contributed by atoms with Gasteiger partial charge in [0.05, 0.1) is 11.5 Å². The molecule has 1 amide bonds. The van der Waals surface area contributed by atoms with E-state index in [0.717, 1.165) is 6.42 Å². The lowest BCUT2D eigenvalue weighted by atomic mass is 10.1. The fourth-order valence-electron chi connectivity index (χ4n) is 2.58. The first-order valence-electron chi connectivity index (χ1n) is 6.20. The molecule has 1 atom stereocenters. The summed E-state index contributed by atoms with van der Waals surface area (Å²) in [6, 6.07) is 0.113. The van der Waals surface area contributed by atoms with Gasteiger partial charge >= 0.3 is 0 Å². The van der Waals surface area contributed by atoms with Gasteiger partial charge in [0.15, 0.2) is 0 Å². The number of hydrogen-bond donors (Lipinski definition) is 0. The van der Waals surface area contributed by atoms with E-state index >= 15 is 0 Å². The Labute approximate surface area is 103 Å². The summed E-state index contributed by atoms with van der Waals surface area (Å²) in [4.78, 5) is 13.9. The number of sulfone groups is 1. The first kappa shape index (κ1) is 12.9. The van der Waals surface area contributed by atoms with Crippen molar-refractivity contribution >= 4 is 15.7 Å². The van der Waals surface area contributed by atoms with Crippen molar-refractivity contribution in [2.45, 2.75) is 39.2 Å². The van der Waals surface area contributed by atoms with Crippen LogP contribution in [0, 0.1) is 11.3 Å². The summed E-state index contributed by atoms with van der Waals surface area (Å²) in [5, 5.41) is 0. The molecule has 4 nitrogen and oxygen atoms in total. The van der Waals surface area contributed by atoms with E-state index in [1.54, 1.807) is 4.90 Å². The van der Waals surface area contributed by atoms with Gasteiger partial charge in [0.2, 0.25) is 5.91 Å². The molecule has 0 bridgehead atoms. The first-order chi connectivity index (χ1) is 7.73. The molecule has 1 aliphatic carbocycles. The van der Waals surface area contributed by atoms with Crippen LogP contribution in [0.25, 0.3) is 0 Å². The van der Waals surface area contributed by atoms with Gasteiger partial charge < -0.3 is 4.90 Å². The molecule has 0 N–H and O–H groups in total. The Hall–Kier alpha value is -0.580. The molecule has 0 radical (unpaired) electrons. The van der Waals surface area contributed by atoms with E-state index in [1.807, 2.05) is 7.05 Å². The quantitative estimate of drug-likeness (QED) is 0.745. The summed E-state index contributed by atoms with van der Waals surface area (Å²) >= 11 is 0. The summed E-state index contributed by atoms with van der Waals surface area (Å²) in [6.07, 6.45) is 2.15. The Balaban J connectivity index is 1.93. The van der Waals surface area contributed by atoms with Gasteiger partial charge in [0.1, 0.15) is 9.84 Å². The molecule has 0 spiro atoms. The highest BCUT2D eigenvalue weighted by Crippen LogP contribution is 2.52. The molecule has 1 aliphatic heterocycles. The Morgan fingerprint density at radius 2 is 1.71 bits per heavy atom. The number of nitrogens with zero attached hydrogens (tertiary/aromatic N) is 1. The zero-order valence-corrected chi connectivity index (χ0v) is 11.6. The van der Waals surface area contributed by atoms with E-state index in [-0.39, 0.29) is 34.8 Å². The maximum absolute atomic E-state index is 12.2.